The van der Waals surface area contributed by atoms with E-state index in [1.54, 1.807) is 6.92 Å². The zero-order valence-electron chi connectivity index (χ0n) is 13.8. The number of hydrogen-bond acceptors (Lipinski definition) is 4. The van der Waals surface area contributed by atoms with Crippen LogP contribution in [-0.4, -0.2) is 58.4 Å². The zero-order chi connectivity index (χ0) is 16.6. The predicted molar refractivity (Wildman–Crippen MR) is 80.9 cm³/mol. The molecule has 21 heavy (non-hydrogen) atoms. The zero-order valence-corrected chi connectivity index (χ0v) is 13.8. The number of carboxylic acids is 1. The maximum absolute atomic E-state index is 11.8. The van der Waals surface area contributed by atoms with E-state index in [4.69, 9.17) is 0 Å². The van der Waals surface area contributed by atoms with Crippen molar-refractivity contribution in [2.45, 2.75) is 65.5 Å². The molecule has 0 aliphatic carbocycles. The topological polar surface area (TPSA) is 77.9 Å². The molecule has 0 aromatic rings. The summed E-state index contributed by atoms with van der Waals surface area (Å²) < 4.78 is 0. The molecule has 0 spiro atoms. The lowest BCUT2D eigenvalue weighted by Gasteiger charge is -2.26. The van der Waals surface area contributed by atoms with Gasteiger partial charge in [-0.3, -0.25) is 14.5 Å². The van der Waals surface area contributed by atoms with Gasteiger partial charge in [-0.15, -0.1) is 0 Å². The van der Waals surface area contributed by atoms with Gasteiger partial charge in [-0.25, -0.2) is 4.79 Å². The molecule has 1 N–H and O–H groups in total. The first-order chi connectivity index (χ1) is 9.72. The lowest BCUT2D eigenvalue weighted by molar-refractivity contribution is -0.157. The second-order valence-electron chi connectivity index (χ2n) is 5.56. The Morgan fingerprint density at radius 3 is 2.10 bits per heavy atom. The summed E-state index contributed by atoms with van der Waals surface area (Å²) in [5, 5.41) is 9.28. The molecule has 0 fully saturated rings. The van der Waals surface area contributed by atoms with Crippen molar-refractivity contribution in [2.24, 2.45) is 0 Å². The first-order valence-corrected chi connectivity index (χ1v) is 7.48. The van der Waals surface area contributed by atoms with Crippen molar-refractivity contribution in [3.05, 3.63) is 0 Å². The number of hydrogen-bond donors (Lipinski definition) is 1. The molecule has 0 aromatic carbocycles. The molecule has 0 radical (unpaired) electrons. The minimum atomic E-state index is -1.12. The van der Waals surface area contributed by atoms with Crippen LogP contribution in [0.4, 0.5) is 0 Å². The van der Waals surface area contributed by atoms with E-state index in [9.17, 15) is 19.5 Å². The van der Waals surface area contributed by atoms with Crippen molar-refractivity contribution < 1.29 is 19.5 Å². The van der Waals surface area contributed by atoms with E-state index in [-0.39, 0.29) is 6.42 Å². The second-order valence-corrected chi connectivity index (χ2v) is 5.56. The highest BCUT2D eigenvalue weighted by Crippen LogP contribution is 2.12. The fraction of sp³-hybridized carbons (Fsp3) is 0.800. The van der Waals surface area contributed by atoms with E-state index in [2.05, 4.69) is 18.7 Å². The van der Waals surface area contributed by atoms with Gasteiger partial charge in [0, 0.05) is 19.4 Å². The van der Waals surface area contributed by atoms with Crippen molar-refractivity contribution in [3.63, 3.8) is 0 Å². The van der Waals surface area contributed by atoms with E-state index in [1.807, 2.05) is 7.05 Å². The molecule has 0 rings (SSSR count). The molecule has 0 bridgehead atoms. The van der Waals surface area contributed by atoms with Gasteiger partial charge in [0.15, 0.2) is 0 Å². The summed E-state index contributed by atoms with van der Waals surface area (Å²) in [5.41, 5.74) is 0. The number of rotatable bonds is 9. The van der Waals surface area contributed by atoms with Crippen molar-refractivity contribution in [1.82, 2.24) is 9.80 Å². The minimum Gasteiger partial charge on any atom is -0.480 e. The average Bonchev–Trinajstić information content (AvgIpc) is 2.40. The van der Waals surface area contributed by atoms with Crippen LogP contribution in [0.2, 0.25) is 0 Å². The Balaban J connectivity index is 4.58. The standard InChI is InChI=1S/C15H28N2O4/c1-6-14(19)17(12(4)18)13(15(20)21)9-7-8-10-16(5)11(2)3/h11,13H,6-10H2,1-5H3,(H,20,21). The minimum absolute atomic E-state index is 0.124. The monoisotopic (exact) mass is 300 g/mol. The molecule has 0 saturated carbocycles. The molecule has 6 heteroatoms. The van der Waals surface area contributed by atoms with Crippen LogP contribution in [0.3, 0.4) is 0 Å². The smallest absolute Gasteiger partial charge is 0.326 e. The van der Waals surface area contributed by atoms with Gasteiger partial charge in [-0.2, -0.15) is 0 Å². The summed E-state index contributed by atoms with van der Waals surface area (Å²) in [6.07, 6.45) is 1.92. The molecular formula is C15H28N2O4. The fourth-order valence-corrected chi connectivity index (χ4v) is 2.06. The van der Waals surface area contributed by atoms with Crippen LogP contribution in [0.5, 0.6) is 0 Å². The summed E-state index contributed by atoms with van der Waals surface area (Å²) in [7, 11) is 2.02. The maximum Gasteiger partial charge on any atom is 0.326 e. The number of imide groups is 1. The number of unbranched alkanes of at least 4 members (excludes halogenated alkanes) is 1. The van der Waals surface area contributed by atoms with Crippen molar-refractivity contribution in [2.75, 3.05) is 13.6 Å². The highest BCUT2D eigenvalue weighted by Gasteiger charge is 2.31. The van der Waals surface area contributed by atoms with Gasteiger partial charge in [0.2, 0.25) is 11.8 Å². The predicted octanol–water partition coefficient (Wildman–Crippen LogP) is 1.74. The number of carbonyl (C=O) groups is 3. The van der Waals surface area contributed by atoms with Crippen molar-refractivity contribution in [3.8, 4) is 0 Å². The first kappa shape index (κ1) is 19.6. The van der Waals surface area contributed by atoms with Gasteiger partial charge in [-0.05, 0) is 46.7 Å². The molecule has 122 valence electrons. The Kier molecular flexibility index (Phi) is 8.85. The summed E-state index contributed by atoms with van der Waals surface area (Å²) in [6.45, 7) is 7.91. The van der Waals surface area contributed by atoms with Gasteiger partial charge in [0.25, 0.3) is 0 Å². The number of aliphatic carboxylic acids is 1. The molecular weight excluding hydrogens is 272 g/mol. The van der Waals surface area contributed by atoms with Gasteiger partial charge < -0.3 is 10.0 Å². The third-order valence-corrected chi connectivity index (χ3v) is 3.63. The Morgan fingerprint density at radius 2 is 1.71 bits per heavy atom. The molecule has 1 unspecified atom stereocenters. The normalized spacial score (nSPS) is 12.5. The number of amides is 2. The Hall–Kier alpha value is -1.43. The number of carbonyl (C=O) groups excluding carboxylic acids is 2. The molecule has 6 nitrogen and oxygen atoms in total. The SMILES string of the molecule is CCC(=O)N(C(C)=O)C(CCCCN(C)C(C)C)C(=O)O. The molecule has 0 aliphatic heterocycles. The molecule has 0 aromatic heterocycles. The van der Waals surface area contributed by atoms with Crippen LogP contribution in [-0.2, 0) is 14.4 Å². The second kappa shape index (κ2) is 9.50. The summed E-state index contributed by atoms with van der Waals surface area (Å²) >= 11 is 0. The quantitative estimate of drug-likeness (QED) is 0.656. The lowest BCUT2D eigenvalue weighted by atomic mass is 10.1. The van der Waals surface area contributed by atoms with Crippen molar-refractivity contribution in [1.29, 1.82) is 0 Å². The van der Waals surface area contributed by atoms with E-state index < -0.39 is 23.8 Å². The summed E-state index contributed by atoms with van der Waals surface area (Å²) in [4.78, 5) is 37.7. The largest absolute Gasteiger partial charge is 0.480 e. The Bertz CT molecular complexity index is 369. The summed E-state index contributed by atoms with van der Waals surface area (Å²) in [6, 6.07) is -0.616. The fourth-order valence-electron chi connectivity index (χ4n) is 2.06. The third-order valence-electron chi connectivity index (χ3n) is 3.63. The first-order valence-electron chi connectivity index (χ1n) is 7.48. The molecule has 0 heterocycles. The van der Waals surface area contributed by atoms with Gasteiger partial charge in [0.05, 0.1) is 0 Å². The van der Waals surface area contributed by atoms with Crippen LogP contribution >= 0.6 is 0 Å². The number of nitrogens with zero attached hydrogens (tertiary/aromatic N) is 2. The lowest BCUT2D eigenvalue weighted by Crippen LogP contribution is -2.47. The van der Waals surface area contributed by atoms with Crippen LogP contribution in [0.25, 0.3) is 0 Å². The van der Waals surface area contributed by atoms with Crippen molar-refractivity contribution >= 4 is 17.8 Å². The van der Waals surface area contributed by atoms with Gasteiger partial charge >= 0.3 is 5.97 Å². The Morgan fingerprint density at radius 1 is 1.14 bits per heavy atom. The Labute approximate surface area is 127 Å². The molecule has 1 atom stereocenters. The molecule has 2 amide bonds. The van der Waals surface area contributed by atoms with Gasteiger partial charge in [0.1, 0.15) is 6.04 Å². The highest BCUT2D eigenvalue weighted by atomic mass is 16.4. The van der Waals surface area contributed by atoms with E-state index >= 15 is 0 Å². The van der Waals surface area contributed by atoms with Crippen LogP contribution < -0.4 is 0 Å². The molecule has 0 aliphatic rings. The van der Waals surface area contributed by atoms with Crippen LogP contribution in [0, 0.1) is 0 Å². The third kappa shape index (κ3) is 6.71. The maximum atomic E-state index is 11.8. The van der Waals surface area contributed by atoms with Gasteiger partial charge in [-0.1, -0.05) is 6.92 Å². The number of carboxylic acid groups (broad SMARTS) is 1. The highest BCUT2D eigenvalue weighted by molar-refractivity contribution is 5.98. The average molecular weight is 300 g/mol. The van der Waals surface area contributed by atoms with E-state index in [0.29, 0.717) is 18.9 Å². The van der Waals surface area contributed by atoms with Crippen LogP contribution in [0.15, 0.2) is 0 Å². The van der Waals surface area contributed by atoms with E-state index in [1.165, 1.54) is 6.92 Å². The van der Waals surface area contributed by atoms with Crippen LogP contribution in [0.1, 0.15) is 53.4 Å². The summed E-state index contributed by atoms with van der Waals surface area (Å²) in [5.74, 6) is -2.06. The van der Waals surface area contributed by atoms with E-state index in [0.717, 1.165) is 17.9 Å². The molecule has 0 saturated heterocycles.